The van der Waals surface area contributed by atoms with Crippen molar-refractivity contribution < 1.29 is 4.74 Å². The molecule has 0 saturated heterocycles. The fourth-order valence-electron chi connectivity index (χ4n) is 1.56. The summed E-state index contributed by atoms with van der Waals surface area (Å²) >= 11 is 1.87. The molecule has 0 atom stereocenters. The summed E-state index contributed by atoms with van der Waals surface area (Å²) in [6, 6.07) is 2.26. The molecule has 0 aliphatic rings. The van der Waals surface area contributed by atoms with Crippen LogP contribution in [0.3, 0.4) is 0 Å². The van der Waals surface area contributed by atoms with Gasteiger partial charge in [0.15, 0.2) is 0 Å². The molecule has 96 valence electrons. The van der Waals surface area contributed by atoms with Gasteiger partial charge in [-0.25, -0.2) is 0 Å². The lowest BCUT2D eigenvalue weighted by Gasteiger charge is -2.01. The van der Waals surface area contributed by atoms with Crippen LogP contribution in [0.1, 0.15) is 35.1 Å². The summed E-state index contributed by atoms with van der Waals surface area (Å²) in [4.78, 5) is 2.77. The van der Waals surface area contributed by atoms with Crippen LogP contribution >= 0.6 is 11.3 Å². The van der Waals surface area contributed by atoms with Gasteiger partial charge in [-0.2, -0.15) is 0 Å². The normalized spacial score (nSPS) is 10.7. The first kappa shape index (κ1) is 14.4. The molecule has 0 bridgehead atoms. The summed E-state index contributed by atoms with van der Waals surface area (Å²) in [6.45, 7) is 11.6. The molecule has 0 saturated carbocycles. The SMILES string of the molecule is C=CCCOCc1cc(CNCCC)sc1C. The number of rotatable bonds is 9. The molecule has 1 heterocycles. The van der Waals surface area contributed by atoms with E-state index in [9.17, 15) is 0 Å². The van der Waals surface area contributed by atoms with E-state index in [-0.39, 0.29) is 0 Å². The largest absolute Gasteiger partial charge is 0.376 e. The molecule has 0 aromatic carbocycles. The second kappa shape index (κ2) is 8.45. The lowest BCUT2D eigenvalue weighted by molar-refractivity contribution is 0.125. The summed E-state index contributed by atoms with van der Waals surface area (Å²) in [5, 5.41) is 3.42. The first-order chi connectivity index (χ1) is 8.27. The highest BCUT2D eigenvalue weighted by Crippen LogP contribution is 2.22. The summed E-state index contributed by atoms with van der Waals surface area (Å²) < 4.78 is 5.59. The van der Waals surface area contributed by atoms with Gasteiger partial charge in [-0.1, -0.05) is 13.0 Å². The molecule has 17 heavy (non-hydrogen) atoms. The molecule has 0 unspecified atom stereocenters. The highest BCUT2D eigenvalue weighted by molar-refractivity contribution is 7.12. The highest BCUT2D eigenvalue weighted by atomic mass is 32.1. The van der Waals surface area contributed by atoms with Gasteiger partial charge in [-0.15, -0.1) is 17.9 Å². The first-order valence-electron chi connectivity index (χ1n) is 6.25. The number of aryl methyl sites for hydroxylation is 1. The van der Waals surface area contributed by atoms with Crippen molar-refractivity contribution in [1.29, 1.82) is 0 Å². The zero-order chi connectivity index (χ0) is 12.5. The topological polar surface area (TPSA) is 21.3 Å². The van der Waals surface area contributed by atoms with Crippen LogP contribution in [0.5, 0.6) is 0 Å². The van der Waals surface area contributed by atoms with Crippen molar-refractivity contribution in [3.8, 4) is 0 Å². The second-order valence-electron chi connectivity index (χ2n) is 4.10. The molecule has 0 radical (unpaired) electrons. The van der Waals surface area contributed by atoms with Gasteiger partial charge in [-0.05, 0) is 37.9 Å². The predicted octanol–water partition coefficient (Wildman–Crippen LogP) is 3.65. The van der Waals surface area contributed by atoms with Crippen LogP contribution < -0.4 is 5.32 Å². The second-order valence-corrected chi connectivity index (χ2v) is 5.44. The van der Waals surface area contributed by atoms with E-state index in [1.165, 1.54) is 21.7 Å². The molecular formula is C14H23NOS. The number of nitrogens with one attached hydrogen (secondary N) is 1. The Morgan fingerprint density at radius 3 is 3.06 bits per heavy atom. The average molecular weight is 253 g/mol. The quantitative estimate of drug-likeness (QED) is 0.536. The highest BCUT2D eigenvalue weighted by Gasteiger charge is 2.05. The Morgan fingerprint density at radius 1 is 1.53 bits per heavy atom. The van der Waals surface area contributed by atoms with E-state index in [4.69, 9.17) is 4.74 Å². The van der Waals surface area contributed by atoms with Crippen LogP contribution in [0.15, 0.2) is 18.7 Å². The van der Waals surface area contributed by atoms with E-state index < -0.39 is 0 Å². The Morgan fingerprint density at radius 2 is 2.35 bits per heavy atom. The standard InChI is InChI=1S/C14H23NOS/c1-4-6-8-16-11-13-9-14(17-12(13)3)10-15-7-5-2/h4,9,15H,1,5-8,10-11H2,2-3H3. The molecule has 1 aromatic heterocycles. The average Bonchev–Trinajstić information content (AvgIpc) is 2.66. The maximum Gasteiger partial charge on any atom is 0.0727 e. The van der Waals surface area contributed by atoms with Gasteiger partial charge in [0.1, 0.15) is 0 Å². The summed E-state index contributed by atoms with van der Waals surface area (Å²) in [5.74, 6) is 0. The van der Waals surface area contributed by atoms with E-state index in [1.807, 2.05) is 17.4 Å². The maximum absolute atomic E-state index is 5.59. The molecule has 0 spiro atoms. The molecule has 3 heteroatoms. The molecule has 1 rings (SSSR count). The van der Waals surface area contributed by atoms with Crippen molar-refractivity contribution in [2.45, 2.75) is 39.8 Å². The Balaban J connectivity index is 2.36. The Labute approximate surface area is 109 Å². The lowest BCUT2D eigenvalue weighted by atomic mass is 10.2. The fourth-order valence-corrected chi connectivity index (χ4v) is 2.57. The molecule has 0 amide bonds. The van der Waals surface area contributed by atoms with Gasteiger partial charge in [0.25, 0.3) is 0 Å². The third-order valence-corrected chi connectivity index (χ3v) is 3.61. The van der Waals surface area contributed by atoms with Crippen molar-refractivity contribution >= 4 is 11.3 Å². The van der Waals surface area contributed by atoms with Crippen LogP contribution in [0, 0.1) is 6.92 Å². The smallest absolute Gasteiger partial charge is 0.0727 e. The molecule has 2 nitrogen and oxygen atoms in total. The first-order valence-corrected chi connectivity index (χ1v) is 7.07. The van der Waals surface area contributed by atoms with Crippen LogP contribution in [0.25, 0.3) is 0 Å². The Bertz CT molecular complexity index is 333. The van der Waals surface area contributed by atoms with Gasteiger partial charge in [-0.3, -0.25) is 0 Å². The molecular weight excluding hydrogens is 230 g/mol. The van der Waals surface area contributed by atoms with Gasteiger partial charge in [0.05, 0.1) is 13.2 Å². The minimum atomic E-state index is 0.726. The zero-order valence-corrected chi connectivity index (χ0v) is 11.7. The predicted molar refractivity (Wildman–Crippen MR) is 75.5 cm³/mol. The Kier molecular flexibility index (Phi) is 7.17. The van der Waals surface area contributed by atoms with E-state index in [1.54, 1.807) is 0 Å². The number of thiophene rings is 1. The third-order valence-electron chi connectivity index (χ3n) is 2.52. The summed E-state index contributed by atoms with van der Waals surface area (Å²) in [6.07, 6.45) is 4.00. The van der Waals surface area contributed by atoms with Crippen LogP contribution in [-0.2, 0) is 17.9 Å². The molecule has 0 fully saturated rings. The van der Waals surface area contributed by atoms with Crippen molar-refractivity contribution in [1.82, 2.24) is 5.32 Å². The van der Waals surface area contributed by atoms with E-state index in [2.05, 4.69) is 31.8 Å². The fraction of sp³-hybridized carbons (Fsp3) is 0.571. The van der Waals surface area contributed by atoms with Gasteiger partial charge in [0.2, 0.25) is 0 Å². The van der Waals surface area contributed by atoms with E-state index in [0.29, 0.717) is 0 Å². The maximum atomic E-state index is 5.59. The van der Waals surface area contributed by atoms with Crippen molar-refractivity contribution in [3.63, 3.8) is 0 Å². The summed E-state index contributed by atoms with van der Waals surface area (Å²) in [5.41, 5.74) is 1.33. The third kappa shape index (κ3) is 5.48. The number of ether oxygens (including phenoxy) is 1. The van der Waals surface area contributed by atoms with Crippen molar-refractivity contribution in [2.24, 2.45) is 0 Å². The van der Waals surface area contributed by atoms with Gasteiger partial charge in [0, 0.05) is 16.3 Å². The van der Waals surface area contributed by atoms with Crippen LogP contribution in [-0.4, -0.2) is 13.2 Å². The van der Waals surface area contributed by atoms with Crippen LogP contribution in [0.2, 0.25) is 0 Å². The minimum absolute atomic E-state index is 0.726. The molecule has 0 aliphatic heterocycles. The van der Waals surface area contributed by atoms with Crippen molar-refractivity contribution in [3.05, 3.63) is 34.0 Å². The van der Waals surface area contributed by atoms with Gasteiger partial charge < -0.3 is 10.1 Å². The molecule has 1 N–H and O–H groups in total. The summed E-state index contributed by atoms with van der Waals surface area (Å²) in [7, 11) is 0. The minimum Gasteiger partial charge on any atom is -0.376 e. The Hall–Kier alpha value is -0.640. The number of hydrogen-bond donors (Lipinski definition) is 1. The zero-order valence-electron chi connectivity index (χ0n) is 10.9. The van der Waals surface area contributed by atoms with Gasteiger partial charge >= 0.3 is 0 Å². The monoisotopic (exact) mass is 253 g/mol. The van der Waals surface area contributed by atoms with Crippen LogP contribution in [0.4, 0.5) is 0 Å². The van der Waals surface area contributed by atoms with E-state index >= 15 is 0 Å². The lowest BCUT2D eigenvalue weighted by Crippen LogP contribution is -2.12. The van der Waals surface area contributed by atoms with E-state index in [0.717, 1.165) is 32.7 Å². The van der Waals surface area contributed by atoms with Crippen molar-refractivity contribution in [2.75, 3.05) is 13.2 Å². The number of hydrogen-bond acceptors (Lipinski definition) is 3. The molecule has 1 aromatic rings. The molecule has 0 aliphatic carbocycles.